The Morgan fingerprint density at radius 2 is 1.87 bits per heavy atom. The van der Waals surface area contributed by atoms with E-state index in [1.807, 2.05) is 16.8 Å². The van der Waals surface area contributed by atoms with Gasteiger partial charge in [0.15, 0.2) is 5.82 Å². The average Bonchev–Trinajstić information content (AvgIpc) is 3.73. The van der Waals surface area contributed by atoms with Crippen LogP contribution in [0.3, 0.4) is 0 Å². The fourth-order valence-electron chi connectivity index (χ4n) is 5.64. The molecular formula is C30H32N6OS. The van der Waals surface area contributed by atoms with Crippen molar-refractivity contribution in [1.82, 2.24) is 30.1 Å². The predicted molar refractivity (Wildman–Crippen MR) is 151 cm³/mol. The van der Waals surface area contributed by atoms with Gasteiger partial charge in [-0.3, -0.25) is 9.69 Å². The van der Waals surface area contributed by atoms with E-state index >= 15 is 0 Å². The number of nitrogens with zero attached hydrogens (tertiary/aromatic N) is 5. The minimum Gasteiger partial charge on any atom is -0.322 e. The summed E-state index contributed by atoms with van der Waals surface area (Å²) in [6.45, 7) is 3.49. The molecule has 1 atom stereocenters. The monoisotopic (exact) mass is 524 g/mol. The molecule has 1 fully saturated rings. The normalized spacial score (nSPS) is 15.0. The van der Waals surface area contributed by atoms with Crippen molar-refractivity contribution in [2.24, 2.45) is 0 Å². The van der Waals surface area contributed by atoms with Gasteiger partial charge in [-0.2, -0.15) is 0 Å². The summed E-state index contributed by atoms with van der Waals surface area (Å²) in [6, 6.07) is 22.8. The van der Waals surface area contributed by atoms with Gasteiger partial charge in [-0.1, -0.05) is 62.2 Å². The van der Waals surface area contributed by atoms with Crippen molar-refractivity contribution in [3.05, 3.63) is 110 Å². The van der Waals surface area contributed by atoms with Crippen LogP contribution in [0.25, 0.3) is 10.9 Å². The molecule has 7 nitrogen and oxygen atoms in total. The Kier molecular flexibility index (Phi) is 7.16. The molecule has 194 valence electrons. The summed E-state index contributed by atoms with van der Waals surface area (Å²) in [4.78, 5) is 20.5. The number of H-pyrrole nitrogens is 1. The van der Waals surface area contributed by atoms with Crippen LogP contribution in [0, 0.1) is 0 Å². The number of thiophene rings is 1. The van der Waals surface area contributed by atoms with Crippen molar-refractivity contribution >= 4 is 22.2 Å². The molecule has 0 unspecified atom stereocenters. The Morgan fingerprint density at radius 1 is 1.03 bits per heavy atom. The van der Waals surface area contributed by atoms with Crippen molar-refractivity contribution in [1.29, 1.82) is 0 Å². The molecule has 5 aromatic rings. The van der Waals surface area contributed by atoms with Gasteiger partial charge in [0.1, 0.15) is 6.04 Å². The molecule has 0 radical (unpaired) electrons. The summed E-state index contributed by atoms with van der Waals surface area (Å²) < 4.78 is 2.00. The van der Waals surface area contributed by atoms with Gasteiger partial charge in [0, 0.05) is 29.0 Å². The molecule has 1 saturated carbocycles. The number of hydrogen-bond acceptors (Lipinski definition) is 6. The number of aryl methyl sites for hydroxylation is 1. The van der Waals surface area contributed by atoms with E-state index in [4.69, 9.17) is 0 Å². The van der Waals surface area contributed by atoms with E-state index in [0.717, 1.165) is 36.0 Å². The Bertz CT molecular complexity index is 1550. The summed E-state index contributed by atoms with van der Waals surface area (Å²) in [7, 11) is 0. The summed E-state index contributed by atoms with van der Waals surface area (Å²) in [6.07, 6.45) is 5.40. The third kappa shape index (κ3) is 5.06. The molecule has 38 heavy (non-hydrogen) atoms. The molecule has 1 N–H and O–H groups in total. The van der Waals surface area contributed by atoms with Crippen LogP contribution in [0.15, 0.2) is 76.9 Å². The second-order valence-electron chi connectivity index (χ2n) is 10.1. The van der Waals surface area contributed by atoms with Crippen LogP contribution in [0.5, 0.6) is 0 Å². The fourth-order valence-corrected chi connectivity index (χ4v) is 6.37. The fraction of sp³-hybridized carbons (Fsp3) is 0.333. The van der Waals surface area contributed by atoms with Gasteiger partial charge < -0.3 is 4.98 Å². The number of aromatic nitrogens is 5. The molecule has 6 rings (SSSR count). The zero-order valence-electron chi connectivity index (χ0n) is 21.6. The molecule has 3 heterocycles. The molecule has 0 amide bonds. The number of hydrogen-bond donors (Lipinski definition) is 1. The van der Waals surface area contributed by atoms with Crippen LogP contribution in [-0.2, 0) is 19.5 Å². The first-order chi connectivity index (χ1) is 18.7. The summed E-state index contributed by atoms with van der Waals surface area (Å²) in [5.41, 5.74) is 3.84. The van der Waals surface area contributed by atoms with E-state index in [2.05, 4.69) is 92.3 Å². The third-order valence-corrected chi connectivity index (χ3v) is 8.47. The number of nitrogens with one attached hydrogen (secondary N) is 1. The van der Waals surface area contributed by atoms with Crippen molar-refractivity contribution in [2.75, 3.05) is 0 Å². The number of fused-ring (bicyclic) bond motifs is 1. The van der Waals surface area contributed by atoms with E-state index in [9.17, 15) is 4.79 Å². The van der Waals surface area contributed by atoms with E-state index in [-0.39, 0.29) is 11.6 Å². The highest BCUT2D eigenvalue weighted by Gasteiger charge is 2.33. The lowest BCUT2D eigenvalue weighted by Crippen LogP contribution is -2.35. The minimum absolute atomic E-state index is 0.100. The topological polar surface area (TPSA) is 79.7 Å². The van der Waals surface area contributed by atoms with Gasteiger partial charge in [0.05, 0.1) is 6.04 Å². The lowest BCUT2D eigenvalue weighted by molar-refractivity contribution is 0.192. The van der Waals surface area contributed by atoms with Crippen molar-refractivity contribution < 1.29 is 0 Å². The van der Waals surface area contributed by atoms with Gasteiger partial charge in [-0.25, -0.2) is 4.68 Å². The molecule has 0 bridgehead atoms. The summed E-state index contributed by atoms with van der Waals surface area (Å²) in [5.74, 6) is 0.737. The molecule has 1 aliphatic carbocycles. The molecule has 2 aromatic carbocycles. The molecule has 0 spiro atoms. The van der Waals surface area contributed by atoms with E-state index in [0.29, 0.717) is 18.7 Å². The summed E-state index contributed by atoms with van der Waals surface area (Å²) in [5, 5.41) is 16.3. The SMILES string of the molecule is CCc1ccc2[nH]c(=O)c([C@H](c3nnnn3C3CCCC3)N(Cc3ccccc3)Cc3cccs3)cc2c1. The maximum absolute atomic E-state index is 13.8. The van der Waals surface area contributed by atoms with Crippen molar-refractivity contribution in [3.8, 4) is 0 Å². The maximum Gasteiger partial charge on any atom is 0.253 e. The van der Waals surface area contributed by atoms with Crippen LogP contribution in [-0.4, -0.2) is 30.1 Å². The van der Waals surface area contributed by atoms with E-state index in [1.165, 1.54) is 28.8 Å². The lowest BCUT2D eigenvalue weighted by atomic mass is 10.0. The number of pyridine rings is 1. The van der Waals surface area contributed by atoms with Gasteiger partial charge in [-0.15, -0.1) is 16.4 Å². The quantitative estimate of drug-likeness (QED) is 0.254. The highest BCUT2D eigenvalue weighted by atomic mass is 32.1. The largest absolute Gasteiger partial charge is 0.322 e. The second-order valence-corrected chi connectivity index (χ2v) is 11.2. The predicted octanol–water partition coefficient (Wildman–Crippen LogP) is 6.05. The summed E-state index contributed by atoms with van der Waals surface area (Å²) >= 11 is 1.73. The standard InChI is InChI=1S/C30H32N6OS/c1-2-21-14-15-27-23(17-21)18-26(30(37)31-27)28(29-32-33-34-36(29)24-11-6-7-12-24)35(20-25-13-8-16-38-25)19-22-9-4-3-5-10-22/h3-5,8-10,13-18,24,28H,2,6-7,11-12,19-20H2,1H3,(H,31,37)/t28-/m1/s1. The average molecular weight is 525 g/mol. The molecule has 1 aliphatic rings. The Balaban J connectivity index is 1.53. The smallest absolute Gasteiger partial charge is 0.253 e. The Morgan fingerprint density at radius 3 is 2.63 bits per heavy atom. The Hall–Kier alpha value is -3.62. The van der Waals surface area contributed by atoms with Crippen LogP contribution < -0.4 is 5.56 Å². The maximum atomic E-state index is 13.8. The van der Waals surface area contributed by atoms with Crippen LogP contribution in [0.4, 0.5) is 0 Å². The lowest BCUT2D eigenvalue weighted by Gasteiger charge is -2.31. The van der Waals surface area contributed by atoms with E-state index in [1.54, 1.807) is 11.3 Å². The highest BCUT2D eigenvalue weighted by molar-refractivity contribution is 7.09. The van der Waals surface area contributed by atoms with Gasteiger partial charge in [0.2, 0.25) is 0 Å². The first-order valence-electron chi connectivity index (χ1n) is 13.4. The van der Waals surface area contributed by atoms with Gasteiger partial charge in [-0.05, 0) is 75.8 Å². The number of benzene rings is 2. The third-order valence-electron chi connectivity index (χ3n) is 7.61. The minimum atomic E-state index is -0.411. The number of rotatable bonds is 9. The first-order valence-corrected chi connectivity index (χ1v) is 14.3. The molecular weight excluding hydrogens is 492 g/mol. The van der Waals surface area contributed by atoms with Gasteiger partial charge in [0.25, 0.3) is 5.56 Å². The zero-order valence-corrected chi connectivity index (χ0v) is 22.4. The number of aromatic amines is 1. The van der Waals surface area contributed by atoms with Crippen LogP contribution >= 0.6 is 11.3 Å². The van der Waals surface area contributed by atoms with Crippen LogP contribution in [0.2, 0.25) is 0 Å². The second kappa shape index (κ2) is 11.0. The van der Waals surface area contributed by atoms with Crippen LogP contribution in [0.1, 0.15) is 72.1 Å². The zero-order chi connectivity index (χ0) is 25.9. The first kappa shape index (κ1) is 24.7. The molecule has 8 heteroatoms. The molecule has 0 aliphatic heterocycles. The molecule has 3 aromatic heterocycles. The molecule has 0 saturated heterocycles. The Labute approximate surface area is 226 Å². The highest BCUT2D eigenvalue weighted by Crippen LogP contribution is 2.35. The van der Waals surface area contributed by atoms with Crippen molar-refractivity contribution in [2.45, 2.75) is 64.2 Å². The number of tetrazole rings is 1. The van der Waals surface area contributed by atoms with Gasteiger partial charge >= 0.3 is 0 Å². The van der Waals surface area contributed by atoms with Crippen molar-refractivity contribution in [3.63, 3.8) is 0 Å². The van der Waals surface area contributed by atoms with E-state index < -0.39 is 6.04 Å².